The van der Waals surface area contributed by atoms with Crippen molar-refractivity contribution in [3.8, 4) is 5.82 Å². The molecule has 30 heavy (non-hydrogen) atoms. The van der Waals surface area contributed by atoms with Gasteiger partial charge < -0.3 is 10.6 Å². The Bertz CT molecular complexity index is 992. The lowest BCUT2D eigenvalue weighted by molar-refractivity contribution is -0.129. The van der Waals surface area contributed by atoms with E-state index in [1.54, 1.807) is 21.5 Å². The van der Waals surface area contributed by atoms with Crippen molar-refractivity contribution in [2.24, 2.45) is 5.92 Å². The molecule has 1 aliphatic carbocycles. The van der Waals surface area contributed by atoms with E-state index in [4.69, 9.17) is 0 Å². The number of hydrogen-bond donors (Lipinski definition) is 2. The van der Waals surface area contributed by atoms with Crippen molar-refractivity contribution in [2.75, 3.05) is 6.54 Å². The lowest BCUT2D eigenvalue weighted by Crippen LogP contribution is -2.47. The highest BCUT2D eigenvalue weighted by Crippen LogP contribution is 2.27. The summed E-state index contributed by atoms with van der Waals surface area (Å²) >= 11 is 0. The number of rotatable bonds is 4. The van der Waals surface area contributed by atoms with Crippen LogP contribution in [0.15, 0.2) is 23.0 Å². The van der Waals surface area contributed by atoms with Crippen LogP contribution >= 0.6 is 0 Å². The largest absolute Gasteiger partial charge is 0.355 e. The van der Waals surface area contributed by atoms with Crippen LogP contribution in [0.25, 0.3) is 5.82 Å². The van der Waals surface area contributed by atoms with E-state index in [1.807, 2.05) is 19.9 Å². The first-order chi connectivity index (χ1) is 14.4. The van der Waals surface area contributed by atoms with E-state index in [1.165, 1.54) is 0 Å². The molecule has 160 valence electrons. The van der Waals surface area contributed by atoms with Gasteiger partial charge in [0.15, 0.2) is 5.82 Å². The maximum absolute atomic E-state index is 12.5. The molecule has 2 aromatic heterocycles. The second-order valence-electron chi connectivity index (χ2n) is 8.37. The molecule has 1 aliphatic heterocycles. The Hall–Kier alpha value is -2.97. The Balaban J connectivity index is 1.39. The third kappa shape index (κ3) is 4.29. The molecule has 3 heterocycles. The van der Waals surface area contributed by atoms with Gasteiger partial charge in [-0.15, -0.1) is 5.10 Å². The third-order valence-electron chi connectivity index (χ3n) is 6.06. The molecule has 2 N–H and O–H groups in total. The van der Waals surface area contributed by atoms with Gasteiger partial charge in [-0.1, -0.05) is 0 Å². The number of carbonyl (C=O) groups excluding carboxylic acids is 2. The molecule has 1 unspecified atom stereocenters. The van der Waals surface area contributed by atoms with Gasteiger partial charge in [-0.25, -0.2) is 9.36 Å². The molecule has 9 nitrogen and oxygen atoms in total. The van der Waals surface area contributed by atoms with E-state index in [-0.39, 0.29) is 35.4 Å². The van der Waals surface area contributed by atoms with Gasteiger partial charge >= 0.3 is 0 Å². The summed E-state index contributed by atoms with van der Waals surface area (Å²) < 4.78 is 3.32. The molecule has 0 spiro atoms. The number of piperidine rings is 1. The molecule has 2 aromatic rings. The van der Waals surface area contributed by atoms with Crippen molar-refractivity contribution >= 4 is 11.8 Å². The number of amides is 2. The summed E-state index contributed by atoms with van der Waals surface area (Å²) in [6.45, 7) is 4.30. The van der Waals surface area contributed by atoms with E-state index in [0.717, 1.165) is 37.1 Å². The van der Waals surface area contributed by atoms with Crippen LogP contribution in [0.5, 0.6) is 0 Å². The van der Waals surface area contributed by atoms with Crippen LogP contribution < -0.4 is 16.2 Å². The highest BCUT2D eigenvalue weighted by Gasteiger charge is 2.29. The zero-order valence-electron chi connectivity index (χ0n) is 17.4. The van der Waals surface area contributed by atoms with E-state index in [0.29, 0.717) is 25.2 Å². The first-order valence-corrected chi connectivity index (χ1v) is 10.6. The predicted octanol–water partition coefficient (Wildman–Crippen LogP) is 1.17. The third-order valence-corrected chi connectivity index (χ3v) is 6.06. The number of carbonyl (C=O) groups is 2. The average Bonchev–Trinajstić information content (AvgIpc) is 3.07. The van der Waals surface area contributed by atoms with Gasteiger partial charge in [0, 0.05) is 30.8 Å². The minimum Gasteiger partial charge on any atom is -0.355 e. The lowest BCUT2D eigenvalue weighted by atomic mass is 9.90. The minimum atomic E-state index is -0.151. The highest BCUT2D eigenvalue weighted by atomic mass is 16.2. The Labute approximate surface area is 174 Å². The van der Waals surface area contributed by atoms with Gasteiger partial charge in [0.1, 0.15) is 0 Å². The Morgan fingerprint density at radius 2 is 1.87 bits per heavy atom. The van der Waals surface area contributed by atoms with Crippen molar-refractivity contribution in [2.45, 2.75) is 64.5 Å². The molecule has 1 saturated carbocycles. The fraction of sp³-hybridized carbons (Fsp3) is 0.571. The number of nitrogens with one attached hydrogen (secondary N) is 2. The fourth-order valence-corrected chi connectivity index (χ4v) is 4.39. The SMILES string of the molecule is Cc1cc(C)n(-c2ccc(=O)n(C3CCC(NC(=O)C4CCC(=O)NC4)CC3)n2)n1. The monoisotopic (exact) mass is 412 g/mol. The Morgan fingerprint density at radius 3 is 2.50 bits per heavy atom. The maximum Gasteiger partial charge on any atom is 0.267 e. The van der Waals surface area contributed by atoms with Gasteiger partial charge in [-0.3, -0.25) is 14.4 Å². The number of nitrogens with zero attached hydrogens (tertiary/aromatic N) is 4. The van der Waals surface area contributed by atoms with Crippen LogP contribution in [0, 0.1) is 19.8 Å². The summed E-state index contributed by atoms with van der Waals surface area (Å²) in [7, 11) is 0. The fourth-order valence-electron chi connectivity index (χ4n) is 4.39. The molecule has 1 atom stereocenters. The van der Waals surface area contributed by atoms with E-state index in [2.05, 4.69) is 20.8 Å². The topological polar surface area (TPSA) is 111 Å². The van der Waals surface area contributed by atoms with Crippen LogP contribution in [0.2, 0.25) is 0 Å². The standard InChI is InChI=1S/C21H28N6O3/c1-13-11-14(2)26(24-13)18-8-10-20(29)27(25-18)17-6-4-16(5-7-17)23-21(30)15-3-9-19(28)22-12-15/h8,10-11,15-17H,3-7,9,12H2,1-2H3,(H,22,28)(H,23,30). The molecule has 2 aliphatic rings. The highest BCUT2D eigenvalue weighted by molar-refractivity contribution is 5.83. The minimum absolute atomic E-state index is 0.0107. The Morgan fingerprint density at radius 1 is 1.10 bits per heavy atom. The second-order valence-corrected chi connectivity index (χ2v) is 8.37. The smallest absolute Gasteiger partial charge is 0.267 e. The number of aryl methyl sites for hydroxylation is 2. The number of aromatic nitrogens is 4. The van der Waals surface area contributed by atoms with Crippen LogP contribution in [0.1, 0.15) is 56.0 Å². The van der Waals surface area contributed by atoms with Gasteiger partial charge in [-0.2, -0.15) is 5.10 Å². The van der Waals surface area contributed by atoms with Crippen LogP contribution in [-0.2, 0) is 9.59 Å². The summed E-state index contributed by atoms with van der Waals surface area (Å²) in [5.41, 5.74) is 1.75. The van der Waals surface area contributed by atoms with E-state index < -0.39 is 0 Å². The van der Waals surface area contributed by atoms with Crippen LogP contribution in [-0.4, -0.2) is 44.0 Å². The summed E-state index contributed by atoms with van der Waals surface area (Å²) in [5.74, 6) is 0.512. The molecular formula is C21H28N6O3. The second kappa shape index (κ2) is 8.41. The Kier molecular flexibility index (Phi) is 5.69. The maximum atomic E-state index is 12.5. The first kappa shape index (κ1) is 20.3. The van der Waals surface area contributed by atoms with E-state index >= 15 is 0 Å². The van der Waals surface area contributed by atoms with Gasteiger partial charge in [0.2, 0.25) is 11.8 Å². The molecule has 0 radical (unpaired) electrons. The molecule has 2 fully saturated rings. The van der Waals surface area contributed by atoms with Crippen molar-refractivity contribution in [1.82, 2.24) is 30.2 Å². The molecular weight excluding hydrogens is 384 g/mol. The molecule has 9 heteroatoms. The molecule has 0 aromatic carbocycles. The van der Waals surface area contributed by atoms with Crippen molar-refractivity contribution in [3.63, 3.8) is 0 Å². The molecule has 0 bridgehead atoms. The summed E-state index contributed by atoms with van der Waals surface area (Å²) in [4.78, 5) is 36.2. The zero-order valence-corrected chi connectivity index (χ0v) is 17.4. The van der Waals surface area contributed by atoms with Crippen molar-refractivity contribution in [1.29, 1.82) is 0 Å². The van der Waals surface area contributed by atoms with Gasteiger partial charge in [0.05, 0.1) is 17.7 Å². The lowest BCUT2D eigenvalue weighted by Gasteiger charge is -2.31. The molecule has 2 amide bonds. The summed E-state index contributed by atoms with van der Waals surface area (Å²) in [5, 5.41) is 14.9. The normalized spacial score (nSPS) is 24.3. The number of hydrogen-bond acceptors (Lipinski definition) is 5. The molecule has 1 saturated heterocycles. The quantitative estimate of drug-likeness (QED) is 0.783. The first-order valence-electron chi connectivity index (χ1n) is 10.6. The van der Waals surface area contributed by atoms with E-state index in [9.17, 15) is 14.4 Å². The zero-order chi connectivity index (χ0) is 21.3. The summed E-state index contributed by atoms with van der Waals surface area (Å²) in [6.07, 6.45) is 4.16. The van der Waals surface area contributed by atoms with Crippen LogP contribution in [0.3, 0.4) is 0 Å². The van der Waals surface area contributed by atoms with Crippen molar-refractivity contribution in [3.05, 3.63) is 39.9 Å². The average molecular weight is 412 g/mol. The van der Waals surface area contributed by atoms with Gasteiger partial charge in [-0.05, 0) is 58.1 Å². The predicted molar refractivity (Wildman–Crippen MR) is 110 cm³/mol. The molecule has 4 rings (SSSR count). The summed E-state index contributed by atoms with van der Waals surface area (Å²) in [6, 6.07) is 5.33. The van der Waals surface area contributed by atoms with Crippen LogP contribution in [0.4, 0.5) is 0 Å². The van der Waals surface area contributed by atoms with Crippen molar-refractivity contribution < 1.29 is 9.59 Å². The van der Waals surface area contributed by atoms with Gasteiger partial charge in [0.25, 0.3) is 5.56 Å².